The minimum absolute atomic E-state index is 0.194. The molecule has 0 spiro atoms. The molecule has 1 amide bonds. The topological polar surface area (TPSA) is 73.1 Å². The van der Waals surface area contributed by atoms with Gasteiger partial charge in [-0.3, -0.25) is 4.79 Å². The number of furan rings is 1. The van der Waals surface area contributed by atoms with Crippen LogP contribution in [0.2, 0.25) is 0 Å². The molecule has 0 aliphatic carbocycles. The summed E-state index contributed by atoms with van der Waals surface area (Å²) in [6.45, 7) is 0. The van der Waals surface area contributed by atoms with E-state index in [1.165, 1.54) is 12.5 Å². The van der Waals surface area contributed by atoms with Gasteiger partial charge in [-0.1, -0.05) is 0 Å². The zero-order valence-corrected chi connectivity index (χ0v) is 11.1. The number of amides is 1. The zero-order chi connectivity index (χ0) is 14.4. The Hall–Kier alpha value is -2.76. The molecule has 6 heteroatoms. The number of carbonyl (C=O) groups is 1. The molecule has 0 aliphatic rings. The van der Waals surface area contributed by atoms with Crippen molar-refractivity contribution in [1.29, 1.82) is 0 Å². The van der Waals surface area contributed by atoms with Crippen LogP contribution >= 0.6 is 0 Å². The molecule has 1 N–H and O–H groups in total. The van der Waals surface area contributed by atoms with Gasteiger partial charge >= 0.3 is 5.91 Å². The maximum atomic E-state index is 11.6. The number of ether oxygens (including phenoxy) is 2. The molecular formula is C14H14N2O4. The summed E-state index contributed by atoms with van der Waals surface area (Å²) in [5.74, 6) is 1.07. The fraction of sp³-hybridized carbons (Fsp3) is 0.143. The average molecular weight is 274 g/mol. The summed E-state index contributed by atoms with van der Waals surface area (Å²) in [5.41, 5.74) is 3.05. The predicted octanol–water partition coefficient (Wildman–Crippen LogP) is 2.06. The molecule has 0 bridgehead atoms. The van der Waals surface area contributed by atoms with Crippen LogP contribution in [-0.2, 0) is 0 Å². The minimum Gasteiger partial charge on any atom is -0.497 e. The zero-order valence-electron chi connectivity index (χ0n) is 11.1. The molecule has 0 unspecified atom stereocenters. The highest BCUT2D eigenvalue weighted by atomic mass is 16.5. The number of hydrogen-bond donors (Lipinski definition) is 1. The first kappa shape index (κ1) is 13.7. The number of methoxy groups -OCH3 is 2. The molecule has 0 fully saturated rings. The third-order valence-electron chi connectivity index (χ3n) is 2.55. The van der Waals surface area contributed by atoms with E-state index in [4.69, 9.17) is 13.9 Å². The average Bonchev–Trinajstić information content (AvgIpc) is 3.01. The van der Waals surface area contributed by atoms with Gasteiger partial charge in [0.25, 0.3) is 0 Å². The summed E-state index contributed by atoms with van der Waals surface area (Å²) >= 11 is 0. The number of carbonyl (C=O) groups excluding carboxylic acids is 1. The normalized spacial score (nSPS) is 10.5. The first-order valence-corrected chi connectivity index (χ1v) is 5.83. The molecule has 1 aromatic carbocycles. The summed E-state index contributed by atoms with van der Waals surface area (Å²) in [4.78, 5) is 11.6. The highest BCUT2D eigenvalue weighted by molar-refractivity contribution is 5.92. The Morgan fingerprint density at radius 1 is 1.30 bits per heavy atom. The highest BCUT2D eigenvalue weighted by Crippen LogP contribution is 2.22. The smallest absolute Gasteiger partial charge is 0.307 e. The van der Waals surface area contributed by atoms with Gasteiger partial charge in [0.1, 0.15) is 11.5 Å². The van der Waals surface area contributed by atoms with Crippen molar-refractivity contribution in [2.75, 3.05) is 14.2 Å². The molecule has 6 nitrogen and oxygen atoms in total. The van der Waals surface area contributed by atoms with Gasteiger partial charge in [-0.2, -0.15) is 5.10 Å². The third-order valence-corrected chi connectivity index (χ3v) is 2.55. The second-order valence-corrected chi connectivity index (χ2v) is 3.78. The summed E-state index contributed by atoms with van der Waals surface area (Å²) in [6, 6.07) is 8.47. The second-order valence-electron chi connectivity index (χ2n) is 3.78. The molecule has 0 atom stereocenters. The molecule has 2 aromatic rings. The van der Waals surface area contributed by atoms with E-state index >= 15 is 0 Å². The van der Waals surface area contributed by atoms with Crippen LogP contribution in [-0.4, -0.2) is 26.3 Å². The van der Waals surface area contributed by atoms with Crippen molar-refractivity contribution in [3.05, 3.63) is 47.9 Å². The quantitative estimate of drug-likeness (QED) is 0.669. The fourth-order valence-electron chi connectivity index (χ4n) is 1.56. The van der Waals surface area contributed by atoms with Crippen LogP contribution in [0.5, 0.6) is 11.5 Å². The number of benzene rings is 1. The van der Waals surface area contributed by atoms with E-state index in [-0.39, 0.29) is 5.76 Å². The van der Waals surface area contributed by atoms with Gasteiger partial charge in [0.05, 0.1) is 26.7 Å². The Bertz CT molecular complexity index is 606. The van der Waals surface area contributed by atoms with Gasteiger partial charge in [0.2, 0.25) is 0 Å². The molecule has 1 heterocycles. The van der Waals surface area contributed by atoms with Gasteiger partial charge in [0.15, 0.2) is 5.76 Å². The molecular weight excluding hydrogens is 260 g/mol. The SMILES string of the molecule is COc1ccc(OC)c(/C=N\NC(=O)c2ccco2)c1. The fourth-order valence-corrected chi connectivity index (χ4v) is 1.56. The maximum absolute atomic E-state index is 11.6. The van der Waals surface area contributed by atoms with Crippen LogP contribution in [0, 0.1) is 0 Å². The first-order chi connectivity index (χ1) is 9.74. The molecule has 0 saturated carbocycles. The van der Waals surface area contributed by atoms with Gasteiger partial charge < -0.3 is 13.9 Å². The van der Waals surface area contributed by atoms with E-state index in [0.29, 0.717) is 17.1 Å². The summed E-state index contributed by atoms with van der Waals surface area (Å²) in [5, 5.41) is 3.86. The molecule has 2 rings (SSSR count). The van der Waals surface area contributed by atoms with Gasteiger partial charge in [-0.15, -0.1) is 0 Å². The van der Waals surface area contributed by atoms with Crippen LogP contribution in [0.25, 0.3) is 0 Å². The van der Waals surface area contributed by atoms with Crippen molar-refractivity contribution in [2.45, 2.75) is 0 Å². The Morgan fingerprint density at radius 3 is 2.80 bits per heavy atom. The number of rotatable bonds is 5. The molecule has 0 saturated heterocycles. The molecule has 20 heavy (non-hydrogen) atoms. The van der Waals surface area contributed by atoms with Crippen molar-refractivity contribution >= 4 is 12.1 Å². The van der Waals surface area contributed by atoms with Crippen molar-refractivity contribution in [1.82, 2.24) is 5.43 Å². The number of nitrogens with one attached hydrogen (secondary N) is 1. The molecule has 104 valence electrons. The van der Waals surface area contributed by atoms with E-state index in [0.717, 1.165) is 0 Å². The van der Waals surface area contributed by atoms with Gasteiger partial charge in [-0.25, -0.2) is 5.43 Å². The monoisotopic (exact) mass is 274 g/mol. The number of nitrogens with zero attached hydrogens (tertiary/aromatic N) is 1. The lowest BCUT2D eigenvalue weighted by Gasteiger charge is -2.06. The lowest BCUT2D eigenvalue weighted by Crippen LogP contribution is -2.16. The summed E-state index contributed by atoms with van der Waals surface area (Å²) in [7, 11) is 3.13. The number of hydrazone groups is 1. The maximum Gasteiger partial charge on any atom is 0.307 e. The van der Waals surface area contributed by atoms with Crippen LogP contribution in [0.1, 0.15) is 16.1 Å². The number of hydrogen-bond acceptors (Lipinski definition) is 5. The van der Waals surface area contributed by atoms with Crippen molar-refractivity contribution < 1.29 is 18.7 Å². The molecule has 0 radical (unpaired) electrons. The van der Waals surface area contributed by atoms with Crippen molar-refractivity contribution in [3.63, 3.8) is 0 Å². The van der Waals surface area contributed by atoms with E-state index in [9.17, 15) is 4.79 Å². The van der Waals surface area contributed by atoms with Crippen molar-refractivity contribution in [3.8, 4) is 11.5 Å². The Morgan fingerprint density at radius 2 is 2.15 bits per heavy atom. The predicted molar refractivity (Wildman–Crippen MR) is 73.3 cm³/mol. The van der Waals surface area contributed by atoms with E-state index < -0.39 is 5.91 Å². The van der Waals surface area contributed by atoms with Crippen LogP contribution in [0.3, 0.4) is 0 Å². The highest BCUT2D eigenvalue weighted by Gasteiger charge is 2.07. The van der Waals surface area contributed by atoms with Crippen molar-refractivity contribution in [2.24, 2.45) is 5.10 Å². The van der Waals surface area contributed by atoms with Gasteiger partial charge in [-0.05, 0) is 30.3 Å². The Balaban J connectivity index is 2.09. The Kier molecular flexibility index (Phi) is 4.39. The van der Waals surface area contributed by atoms with Crippen LogP contribution in [0.4, 0.5) is 0 Å². The van der Waals surface area contributed by atoms with Gasteiger partial charge in [0, 0.05) is 5.56 Å². The van der Waals surface area contributed by atoms with E-state index in [2.05, 4.69) is 10.5 Å². The van der Waals surface area contributed by atoms with Crippen LogP contribution in [0.15, 0.2) is 46.1 Å². The van der Waals surface area contributed by atoms with E-state index in [1.807, 2.05) is 0 Å². The first-order valence-electron chi connectivity index (χ1n) is 5.83. The minimum atomic E-state index is -0.423. The third kappa shape index (κ3) is 3.17. The largest absolute Gasteiger partial charge is 0.497 e. The summed E-state index contributed by atoms with van der Waals surface area (Å²) < 4.78 is 15.3. The molecule has 0 aliphatic heterocycles. The second kappa shape index (κ2) is 6.42. The Labute approximate surface area is 116 Å². The lowest BCUT2D eigenvalue weighted by molar-refractivity contribution is 0.0927. The van der Waals surface area contributed by atoms with E-state index in [1.54, 1.807) is 44.6 Å². The molecule has 1 aromatic heterocycles. The lowest BCUT2D eigenvalue weighted by atomic mass is 10.2. The standard InChI is InChI=1S/C14H14N2O4/c1-18-11-5-6-12(19-2)10(8-11)9-15-16-14(17)13-4-3-7-20-13/h3-9H,1-2H3,(H,16,17)/b15-9-. The van der Waals surface area contributed by atoms with Crippen LogP contribution < -0.4 is 14.9 Å². The summed E-state index contributed by atoms with van der Waals surface area (Å²) in [6.07, 6.45) is 2.89.